The molecule has 8 nitrogen and oxygen atoms in total. The Morgan fingerprint density at radius 3 is 2.22 bits per heavy atom. The molecule has 0 saturated carbocycles. The minimum Gasteiger partial charge on any atom is -0.480 e. The smallest absolute Gasteiger partial charge is 0.317 e. The summed E-state index contributed by atoms with van der Waals surface area (Å²) >= 11 is 0. The summed E-state index contributed by atoms with van der Waals surface area (Å²) < 4.78 is 4.93. The van der Waals surface area contributed by atoms with Crippen molar-refractivity contribution in [2.45, 2.75) is 26.3 Å². The van der Waals surface area contributed by atoms with E-state index >= 15 is 0 Å². The van der Waals surface area contributed by atoms with Crippen molar-refractivity contribution >= 4 is 11.9 Å². The summed E-state index contributed by atoms with van der Waals surface area (Å²) in [4.78, 5) is 26.4. The van der Waals surface area contributed by atoms with Crippen LogP contribution in [-0.2, 0) is 16.1 Å². The quantitative estimate of drug-likeness (QED) is 0.709. The number of nitrogens with zero attached hydrogens (tertiary/aromatic N) is 3. The normalized spacial score (nSPS) is 11.1. The van der Waals surface area contributed by atoms with Crippen LogP contribution in [0, 0.1) is 0 Å². The van der Waals surface area contributed by atoms with Crippen molar-refractivity contribution in [3.8, 4) is 0 Å². The molecule has 0 fully saturated rings. The number of carbonyl (C=O) groups is 2. The molecule has 0 amide bonds. The summed E-state index contributed by atoms with van der Waals surface area (Å²) in [6.07, 6.45) is 0. The topological polar surface area (TPSA) is 117 Å². The van der Waals surface area contributed by atoms with Gasteiger partial charge in [-0.1, -0.05) is 19.0 Å². The highest BCUT2D eigenvalue weighted by molar-refractivity contribution is 5.72. The largest absolute Gasteiger partial charge is 0.480 e. The Hall–Kier alpha value is -1.96. The fraction of sp³-hybridized carbons (Fsp3) is 0.600. The van der Waals surface area contributed by atoms with Gasteiger partial charge in [-0.2, -0.15) is 4.98 Å². The van der Waals surface area contributed by atoms with Gasteiger partial charge in [-0.25, -0.2) is 0 Å². The average molecular weight is 257 g/mol. The van der Waals surface area contributed by atoms with Crippen molar-refractivity contribution < 1.29 is 24.3 Å². The van der Waals surface area contributed by atoms with E-state index in [2.05, 4.69) is 10.1 Å². The standard InChI is InChI=1S/C10H15N3O5/c1-6(2)10-11-7(18-12-10)3-13(4-8(14)15)5-9(16)17/h6H,3-5H2,1-2H3,(H,14,15)(H,16,17). The van der Waals surface area contributed by atoms with Crippen molar-refractivity contribution in [3.05, 3.63) is 11.7 Å². The third-order valence-electron chi connectivity index (χ3n) is 2.08. The summed E-state index contributed by atoms with van der Waals surface area (Å²) in [5.41, 5.74) is 0. The molecular formula is C10H15N3O5. The number of hydrogen-bond donors (Lipinski definition) is 2. The molecule has 2 N–H and O–H groups in total. The van der Waals surface area contributed by atoms with Crippen molar-refractivity contribution in [1.29, 1.82) is 0 Å². The third kappa shape index (κ3) is 4.50. The molecule has 0 radical (unpaired) electrons. The van der Waals surface area contributed by atoms with Crippen LogP contribution in [0.5, 0.6) is 0 Å². The van der Waals surface area contributed by atoms with E-state index < -0.39 is 25.0 Å². The van der Waals surface area contributed by atoms with Gasteiger partial charge in [-0.3, -0.25) is 14.5 Å². The molecule has 0 bridgehead atoms. The van der Waals surface area contributed by atoms with E-state index in [0.717, 1.165) is 0 Å². The SMILES string of the molecule is CC(C)c1noc(CN(CC(=O)O)CC(=O)O)n1. The summed E-state index contributed by atoms with van der Waals surface area (Å²) in [7, 11) is 0. The minimum atomic E-state index is -1.11. The Balaban J connectivity index is 2.68. The van der Waals surface area contributed by atoms with E-state index in [9.17, 15) is 9.59 Å². The summed E-state index contributed by atoms with van der Waals surface area (Å²) in [6.45, 7) is 2.98. The second kappa shape index (κ2) is 6.10. The maximum Gasteiger partial charge on any atom is 0.317 e. The second-order valence-electron chi connectivity index (χ2n) is 4.13. The maximum absolute atomic E-state index is 10.6. The highest BCUT2D eigenvalue weighted by Gasteiger charge is 2.18. The Kier molecular flexibility index (Phi) is 4.78. The van der Waals surface area contributed by atoms with Gasteiger partial charge in [0, 0.05) is 5.92 Å². The third-order valence-corrected chi connectivity index (χ3v) is 2.08. The molecule has 0 atom stereocenters. The van der Waals surface area contributed by atoms with E-state index in [1.165, 1.54) is 4.90 Å². The molecule has 0 spiro atoms. The van der Waals surface area contributed by atoms with E-state index in [4.69, 9.17) is 14.7 Å². The maximum atomic E-state index is 10.6. The lowest BCUT2D eigenvalue weighted by Gasteiger charge is -2.14. The predicted molar refractivity (Wildman–Crippen MR) is 58.9 cm³/mol. The summed E-state index contributed by atoms with van der Waals surface area (Å²) in [5.74, 6) is -1.41. The molecule has 0 unspecified atom stereocenters. The molecule has 100 valence electrons. The fourth-order valence-electron chi connectivity index (χ4n) is 1.31. The van der Waals surface area contributed by atoms with Crippen LogP contribution in [0.3, 0.4) is 0 Å². The van der Waals surface area contributed by atoms with Gasteiger partial charge >= 0.3 is 11.9 Å². The Bertz CT molecular complexity index is 413. The van der Waals surface area contributed by atoms with Gasteiger partial charge < -0.3 is 14.7 Å². The van der Waals surface area contributed by atoms with Crippen LogP contribution in [0.15, 0.2) is 4.52 Å². The van der Waals surface area contributed by atoms with Crippen LogP contribution in [-0.4, -0.2) is 50.3 Å². The van der Waals surface area contributed by atoms with Crippen LogP contribution in [0.1, 0.15) is 31.5 Å². The highest BCUT2D eigenvalue weighted by Crippen LogP contribution is 2.10. The molecule has 1 aromatic heterocycles. The molecular weight excluding hydrogens is 242 g/mol. The Morgan fingerprint density at radius 2 is 1.83 bits per heavy atom. The zero-order valence-corrected chi connectivity index (χ0v) is 10.2. The first kappa shape index (κ1) is 14.1. The minimum absolute atomic E-state index is 0.00167. The number of aromatic nitrogens is 2. The first-order valence-electron chi connectivity index (χ1n) is 5.37. The number of carboxylic acids is 2. The van der Waals surface area contributed by atoms with Crippen molar-refractivity contribution in [1.82, 2.24) is 15.0 Å². The van der Waals surface area contributed by atoms with Crippen molar-refractivity contribution in [3.63, 3.8) is 0 Å². The molecule has 0 aliphatic rings. The average Bonchev–Trinajstić information content (AvgIpc) is 2.63. The molecule has 0 aromatic carbocycles. The summed E-state index contributed by atoms with van der Waals surface area (Å²) in [6, 6.07) is 0. The van der Waals surface area contributed by atoms with E-state index in [0.29, 0.717) is 5.82 Å². The van der Waals surface area contributed by atoms with E-state index in [1.807, 2.05) is 13.8 Å². The Morgan fingerprint density at radius 1 is 1.28 bits per heavy atom. The number of hydrogen-bond acceptors (Lipinski definition) is 6. The number of rotatable bonds is 7. The van der Waals surface area contributed by atoms with E-state index in [1.54, 1.807) is 0 Å². The van der Waals surface area contributed by atoms with Gasteiger partial charge in [0.1, 0.15) is 0 Å². The Labute approximate surface area is 103 Å². The predicted octanol–water partition coefficient (Wildman–Crippen LogP) is 0.164. The molecule has 1 aromatic rings. The summed E-state index contributed by atoms with van der Waals surface area (Å²) in [5, 5.41) is 21.1. The highest BCUT2D eigenvalue weighted by atomic mass is 16.5. The van der Waals surface area contributed by atoms with Crippen LogP contribution < -0.4 is 0 Å². The first-order chi connectivity index (χ1) is 8.38. The number of aliphatic carboxylic acids is 2. The van der Waals surface area contributed by atoms with Gasteiger partial charge in [-0.05, 0) is 0 Å². The monoisotopic (exact) mass is 257 g/mol. The molecule has 1 rings (SSSR count). The second-order valence-corrected chi connectivity index (χ2v) is 4.13. The molecule has 0 saturated heterocycles. The zero-order valence-electron chi connectivity index (χ0n) is 10.2. The van der Waals surface area contributed by atoms with Crippen molar-refractivity contribution in [2.24, 2.45) is 0 Å². The van der Waals surface area contributed by atoms with Gasteiger partial charge in [0.25, 0.3) is 0 Å². The first-order valence-corrected chi connectivity index (χ1v) is 5.37. The van der Waals surface area contributed by atoms with Crippen LogP contribution in [0.25, 0.3) is 0 Å². The van der Waals surface area contributed by atoms with Crippen LogP contribution >= 0.6 is 0 Å². The molecule has 18 heavy (non-hydrogen) atoms. The molecule has 8 heteroatoms. The van der Waals surface area contributed by atoms with Gasteiger partial charge in [0.05, 0.1) is 19.6 Å². The molecule has 0 aliphatic carbocycles. The molecule has 1 heterocycles. The van der Waals surface area contributed by atoms with Gasteiger partial charge in [0.15, 0.2) is 5.82 Å². The van der Waals surface area contributed by atoms with Crippen molar-refractivity contribution in [2.75, 3.05) is 13.1 Å². The fourth-order valence-corrected chi connectivity index (χ4v) is 1.31. The van der Waals surface area contributed by atoms with E-state index in [-0.39, 0.29) is 18.4 Å². The van der Waals surface area contributed by atoms with Gasteiger partial charge in [0.2, 0.25) is 5.89 Å². The lowest BCUT2D eigenvalue weighted by atomic mass is 10.2. The lowest BCUT2D eigenvalue weighted by Crippen LogP contribution is -2.34. The zero-order chi connectivity index (χ0) is 13.7. The van der Waals surface area contributed by atoms with Crippen LogP contribution in [0.4, 0.5) is 0 Å². The van der Waals surface area contributed by atoms with Gasteiger partial charge in [-0.15, -0.1) is 0 Å². The lowest BCUT2D eigenvalue weighted by molar-refractivity contribution is -0.142. The molecule has 0 aliphatic heterocycles. The van der Waals surface area contributed by atoms with Crippen LogP contribution in [0.2, 0.25) is 0 Å². The number of carboxylic acid groups (broad SMARTS) is 2.